The third-order valence-corrected chi connectivity index (χ3v) is 4.72. The van der Waals surface area contributed by atoms with Crippen LogP contribution < -0.4 is 4.74 Å². The molecule has 0 radical (unpaired) electrons. The van der Waals surface area contributed by atoms with Crippen molar-refractivity contribution in [2.45, 2.75) is 20.0 Å². The fraction of sp³-hybridized carbons (Fsp3) is 0.550. The molecule has 12 nitrogen and oxygen atoms in total. The molecular formula is C20H28N4O8. The topological polar surface area (TPSA) is 161 Å². The maximum atomic E-state index is 11.4. The zero-order chi connectivity index (χ0) is 23.7. The molecule has 1 aromatic rings. The van der Waals surface area contributed by atoms with Gasteiger partial charge in [-0.3, -0.25) is 38.9 Å². The third kappa shape index (κ3) is 8.96. The Hall–Kier alpha value is -3.09. The SMILES string of the molecule is CC(=O)COc1ccc2nc1CN(CC(=O)O)CCN(CC(=O)O)CCN(CC(=O)O)C2. The van der Waals surface area contributed by atoms with Gasteiger partial charge >= 0.3 is 17.9 Å². The standard InChI is InChI=1S/C20H28N4O8/c1-14(25)13-32-17-3-2-15-8-23(11-19(28)29)6-4-22(10-18(26)27)5-7-24(12-20(30)31)9-16(17)21-15/h2-3H,4-13H2,1H3,(H,26,27)(H,28,29)(H,30,31). The van der Waals surface area contributed by atoms with E-state index in [2.05, 4.69) is 4.98 Å². The Labute approximate surface area is 185 Å². The molecule has 0 spiro atoms. The van der Waals surface area contributed by atoms with Gasteiger partial charge in [-0.2, -0.15) is 0 Å². The van der Waals surface area contributed by atoms with Crippen molar-refractivity contribution in [2.24, 2.45) is 0 Å². The smallest absolute Gasteiger partial charge is 0.317 e. The summed E-state index contributed by atoms with van der Waals surface area (Å²) >= 11 is 0. The van der Waals surface area contributed by atoms with Gasteiger partial charge in [-0.1, -0.05) is 0 Å². The van der Waals surface area contributed by atoms with Crippen molar-refractivity contribution in [3.63, 3.8) is 0 Å². The van der Waals surface area contributed by atoms with Crippen molar-refractivity contribution in [1.82, 2.24) is 19.7 Å². The van der Waals surface area contributed by atoms with Gasteiger partial charge in [0, 0.05) is 39.3 Å². The number of carbonyl (C=O) groups is 4. The zero-order valence-corrected chi connectivity index (χ0v) is 17.9. The number of carboxylic acids is 3. The summed E-state index contributed by atoms with van der Waals surface area (Å²) in [7, 11) is 0. The Morgan fingerprint density at radius 3 is 1.88 bits per heavy atom. The maximum absolute atomic E-state index is 11.4. The Bertz CT molecular complexity index is 847. The maximum Gasteiger partial charge on any atom is 0.317 e. The number of hydrogen-bond acceptors (Lipinski definition) is 9. The first-order valence-corrected chi connectivity index (χ1v) is 10.1. The van der Waals surface area contributed by atoms with E-state index in [4.69, 9.17) is 4.74 Å². The number of ether oxygens (including phenoxy) is 1. The highest BCUT2D eigenvalue weighted by molar-refractivity contribution is 5.77. The molecule has 0 aliphatic carbocycles. The van der Waals surface area contributed by atoms with Crippen molar-refractivity contribution in [2.75, 3.05) is 52.4 Å². The molecule has 2 heterocycles. The van der Waals surface area contributed by atoms with E-state index in [1.807, 2.05) is 0 Å². The second kappa shape index (κ2) is 12.1. The van der Waals surface area contributed by atoms with Crippen LogP contribution in [0.25, 0.3) is 0 Å². The highest BCUT2D eigenvalue weighted by Gasteiger charge is 2.21. The summed E-state index contributed by atoms with van der Waals surface area (Å²) in [4.78, 5) is 54.7. The number of carbonyl (C=O) groups excluding carboxylic acids is 1. The number of pyridine rings is 1. The summed E-state index contributed by atoms with van der Waals surface area (Å²) in [6.07, 6.45) is 0. The number of rotatable bonds is 9. The molecule has 176 valence electrons. The summed E-state index contributed by atoms with van der Waals surface area (Å²) in [6.45, 7) is 1.84. The molecule has 0 amide bonds. The summed E-state index contributed by atoms with van der Waals surface area (Å²) < 4.78 is 5.54. The van der Waals surface area contributed by atoms with Gasteiger partial charge in [0.15, 0.2) is 5.78 Å². The molecule has 1 aliphatic rings. The van der Waals surface area contributed by atoms with Crippen molar-refractivity contribution >= 4 is 23.7 Å². The van der Waals surface area contributed by atoms with E-state index >= 15 is 0 Å². The van der Waals surface area contributed by atoms with Crippen LogP contribution in [0.1, 0.15) is 18.3 Å². The van der Waals surface area contributed by atoms with Gasteiger partial charge < -0.3 is 20.1 Å². The molecule has 2 bridgehead atoms. The molecule has 0 unspecified atom stereocenters. The molecule has 1 aromatic heterocycles. The second-order valence-corrected chi connectivity index (χ2v) is 7.62. The normalized spacial score (nSPS) is 16.5. The molecule has 32 heavy (non-hydrogen) atoms. The van der Waals surface area contributed by atoms with Gasteiger partial charge in [0.05, 0.1) is 31.0 Å². The van der Waals surface area contributed by atoms with E-state index in [1.165, 1.54) is 6.92 Å². The predicted molar refractivity (Wildman–Crippen MR) is 110 cm³/mol. The average molecular weight is 452 g/mol. The Kier molecular flexibility index (Phi) is 9.50. The first kappa shape index (κ1) is 25.2. The van der Waals surface area contributed by atoms with Gasteiger partial charge in [-0.25, -0.2) is 0 Å². The van der Waals surface area contributed by atoms with Crippen LogP contribution in [0.3, 0.4) is 0 Å². The minimum atomic E-state index is -1.04. The molecule has 0 saturated heterocycles. The highest BCUT2D eigenvalue weighted by atomic mass is 16.5. The van der Waals surface area contributed by atoms with E-state index < -0.39 is 17.9 Å². The van der Waals surface area contributed by atoms with Crippen LogP contribution in [-0.2, 0) is 32.3 Å². The second-order valence-electron chi connectivity index (χ2n) is 7.62. The number of aliphatic carboxylic acids is 3. The first-order valence-electron chi connectivity index (χ1n) is 10.1. The van der Waals surface area contributed by atoms with Crippen LogP contribution in [0.2, 0.25) is 0 Å². The lowest BCUT2D eigenvalue weighted by Crippen LogP contribution is -2.44. The number of Topliss-reactive ketones (excluding diaryl/α,β-unsaturated/α-hetero) is 1. The third-order valence-electron chi connectivity index (χ3n) is 4.72. The van der Waals surface area contributed by atoms with Gasteiger partial charge in [0.25, 0.3) is 0 Å². The molecule has 0 fully saturated rings. The lowest BCUT2D eigenvalue weighted by molar-refractivity contribution is -0.140. The van der Waals surface area contributed by atoms with E-state index in [9.17, 15) is 34.5 Å². The van der Waals surface area contributed by atoms with Crippen LogP contribution in [0.4, 0.5) is 0 Å². The molecule has 0 aromatic carbocycles. The van der Waals surface area contributed by atoms with Gasteiger partial charge in [0.2, 0.25) is 0 Å². The average Bonchev–Trinajstić information content (AvgIpc) is 2.67. The lowest BCUT2D eigenvalue weighted by atomic mass is 10.2. The predicted octanol–water partition coefficient (Wildman–Crippen LogP) is -0.777. The number of aromatic nitrogens is 1. The van der Waals surface area contributed by atoms with Gasteiger partial charge in [-0.05, 0) is 19.1 Å². The van der Waals surface area contributed by atoms with Crippen molar-refractivity contribution in [1.29, 1.82) is 0 Å². The fourth-order valence-corrected chi connectivity index (χ4v) is 3.32. The van der Waals surface area contributed by atoms with E-state index in [0.29, 0.717) is 23.7 Å². The van der Waals surface area contributed by atoms with E-state index in [0.717, 1.165) is 0 Å². The van der Waals surface area contributed by atoms with Gasteiger partial charge in [0.1, 0.15) is 12.4 Å². The summed E-state index contributed by atoms with van der Waals surface area (Å²) in [5.74, 6) is -2.94. The Balaban J connectivity index is 2.38. The van der Waals surface area contributed by atoms with Crippen LogP contribution in [0.5, 0.6) is 5.75 Å². The molecule has 0 atom stereocenters. The van der Waals surface area contributed by atoms with Crippen LogP contribution in [0.15, 0.2) is 12.1 Å². The highest BCUT2D eigenvalue weighted by Crippen LogP contribution is 2.20. The lowest BCUT2D eigenvalue weighted by Gasteiger charge is -2.29. The minimum absolute atomic E-state index is 0.104. The zero-order valence-electron chi connectivity index (χ0n) is 17.9. The van der Waals surface area contributed by atoms with Crippen molar-refractivity contribution < 1.29 is 39.2 Å². The first-order chi connectivity index (χ1) is 15.1. The Morgan fingerprint density at radius 2 is 1.34 bits per heavy atom. The van der Waals surface area contributed by atoms with Crippen molar-refractivity contribution in [3.8, 4) is 5.75 Å². The molecule has 2 rings (SSSR count). The number of nitrogens with zero attached hydrogens (tertiary/aromatic N) is 4. The Morgan fingerprint density at radius 1 is 0.844 bits per heavy atom. The minimum Gasteiger partial charge on any atom is -0.484 e. The summed E-state index contributed by atoms with van der Waals surface area (Å²) in [5.41, 5.74) is 0.975. The molecule has 3 N–H and O–H groups in total. The molecule has 12 heteroatoms. The number of hydrogen-bond donors (Lipinski definition) is 3. The van der Waals surface area contributed by atoms with Crippen LogP contribution >= 0.6 is 0 Å². The largest absolute Gasteiger partial charge is 0.484 e. The van der Waals surface area contributed by atoms with Gasteiger partial charge in [-0.15, -0.1) is 0 Å². The summed E-state index contributed by atoms with van der Waals surface area (Å²) in [5, 5.41) is 27.8. The fourth-order valence-electron chi connectivity index (χ4n) is 3.32. The molecule has 0 saturated carbocycles. The summed E-state index contributed by atoms with van der Waals surface area (Å²) in [6, 6.07) is 3.30. The number of carboxylic acid groups (broad SMARTS) is 3. The van der Waals surface area contributed by atoms with Crippen LogP contribution in [0, 0.1) is 0 Å². The molecule has 1 aliphatic heterocycles. The van der Waals surface area contributed by atoms with Crippen molar-refractivity contribution in [3.05, 3.63) is 23.5 Å². The quantitative estimate of drug-likeness (QED) is 0.429. The van der Waals surface area contributed by atoms with E-state index in [-0.39, 0.29) is 64.7 Å². The molecular weight excluding hydrogens is 424 g/mol. The van der Waals surface area contributed by atoms with E-state index in [1.54, 1.807) is 26.8 Å². The number of fused-ring (bicyclic) bond motifs is 2. The van der Waals surface area contributed by atoms with Crippen LogP contribution in [-0.4, -0.2) is 111 Å². The number of ketones is 1. The monoisotopic (exact) mass is 452 g/mol.